The van der Waals surface area contributed by atoms with Crippen LogP contribution < -0.4 is 0 Å². The number of hydrogen-bond acceptors (Lipinski definition) is 3. The molecule has 0 aromatic carbocycles. The summed E-state index contributed by atoms with van der Waals surface area (Å²) in [6, 6.07) is 0. The van der Waals surface area contributed by atoms with Crippen molar-refractivity contribution in [3.8, 4) is 0 Å². The molecule has 3 heteroatoms. The molecular weight excluding hydrogens is 180 g/mol. The molecule has 1 heterocycles. The van der Waals surface area contributed by atoms with Crippen LogP contribution in [0.1, 0.15) is 40.5 Å². The molecule has 2 aliphatic rings. The van der Waals surface area contributed by atoms with Gasteiger partial charge in [0.2, 0.25) is 0 Å². The van der Waals surface area contributed by atoms with Crippen molar-refractivity contribution < 1.29 is 14.3 Å². The summed E-state index contributed by atoms with van der Waals surface area (Å²) in [5.41, 5.74) is -1.28. The van der Waals surface area contributed by atoms with Crippen LogP contribution in [0.15, 0.2) is 0 Å². The van der Waals surface area contributed by atoms with Crippen molar-refractivity contribution in [1.29, 1.82) is 0 Å². The summed E-state index contributed by atoms with van der Waals surface area (Å²) >= 11 is 0. The summed E-state index contributed by atoms with van der Waals surface area (Å²) in [6.07, 6.45) is 1.50. The van der Waals surface area contributed by atoms with Crippen LogP contribution in [0, 0.1) is 16.2 Å². The van der Waals surface area contributed by atoms with E-state index in [9.17, 15) is 9.59 Å². The Morgan fingerprint density at radius 2 is 1.29 bits per heavy atom. The fourth-order valence-corrected chi connectivity index (χ4v) is 2.76. The van der Waals surface area contributed by atoms with E-state index in [-0.39, 0.29) is 17.4 Å². The summed E-state index contributed by atoms with van der Waals surface area (Å²) in [4.78, 5) is 23.4. The van der Waals surface area contributed by atoms with E-state index in [1.807, 2.05) is 27.7 Å². The molecule has 78 valence electrons. The molecule has 2 bridgehead atoms. The fourth-order valence-electron chi connectivity index (χ4n) is 2.76. The summed E-state index contributed by atoms with van der Waals surface area (Å²) in [5, 5.41) is 0. The van der Waals surface area contributed by atoms with Gasteiger partial charge in [0, 0.05) is 0 Å². The SMILES string of the molecule is CC12CCC(C)(C(=O)OC1=O)C2(C)C. The van der Waals surface area contributed by atoms with Gasteiger partial charge in [0.05, 0.1) is 10.8 Å². The van der Waals surface area contributed by atoms with Crippen LogP contribution in [0.4, 0.5) is 0 Å². The van der Waals surface area contributed by atoms with Gasteiger partial charge in [-0.1, -0.05) is 13.8 Å². The number of rotatable bonds is 0. The molecule has 0 radical (unpaired) electrons. The van der Waals surface area contributed by atoms with Crippen molar-refractivity contribution in [2.45, 2.75) is 40.5 Å². The molecule has 0 amide bonds. The second-order valence-corrected chi connectivity index (χ2v) is 5.47. The standard InChI is InChI=1S/C11H16O3/c1-9(2)10(3)5-6-11(9,4)8(13)14-7(10)12/h5-6H2,1-4H3. The molecule has 0 spiro atoms. The molecule has 1 saturated heterocycles. The number of carbonyl (C=O) groups excluding carboxylic acids is 2. The quantitative estimate of drug-likeness (QED) is 0.439. The molecular formula is C11H16O3. The normalized spacial score (nSPS) is 45.1. The average Bonchev–Trinajstić information content (AvgIpc) is 2.21. The topological polar surface area (TPSA) is 43.4 Å². The van der Waals surface area contributed by atoms with Crippen LogP contribution in [0.25, 0.3) is 0 Å². The lowest BCUT2D eigenvalue weighted by molar-refractivity contribution is -0.194. The zero-order valence-electron chi connectivity index (χ0n) is 9.14. The van der Waals surface area contributed by atoms with E-state index < -0.39 is 10.8 Å². The molecule has 14 heavy (non-hydrogen) atoms. The van der Waals surface area contributed by atoms with Gasteiger partial charge in [0.15, 0.2) is 0 Å². The third kappa shape index (κ3) is 0.711. The van der Waals surface area contributed by atoms with E-state index in [1.165, 1.54) is 0 Å². The summed E-state index contributed by atoms with van der Waals surface area (Å²) < 4.78 is 4.84. The highest BCUT2D eigenvalue weighted by molar-refractivity contribution is 5.97. The number of fused-ring (bicyclic) bond motifs is 2. The highest BCUT2D eigenvalue weighted by atomic mass is 16.6. The number of ether oxygens (including phenoxy) is 1. The van der Waals surface area contributed by atoms with Gasteiger partial charge in [0.25, 0.3) is 0 Å². The Hall–Kier alpha value is -0.860. The molecule has 1 aliphatic carbocycles. The summed E-state index contributed by atoms with van der Waals surface area (Å²) in [7, 11) is 0. The monoisotopic (exact) mass is 196 g/mol. The van der Waals surface area contributed by atoms with Crippen LogP contribution in [0.5, 0.6) is 0 Å². The molecule has 0 aromatic rings. The highest BCUT2D eigenvalue weighted by Crippen LogP contribution is 2.65. The van der Waals surface area contributed by atoms with Crippen molar-refractivity contribution in [2.75, 3.05) is 0 Å². The first-order valence-electron chi connectivity index (χ1n) is 5.02. The first kappa shape index (κ1) is 9.69. The summed E-state index contributed by atoms with van der Waals surface area (Å²) in [6.45, 7) is 7.82. The van der Waals surface area contributed by atoms with Crippen molar-refractivity contribution in [1.82, 2.24) is 0 Å². The second kappa shape index (κ2) is 2.20. The Bertz CT molecular complexity index is 301. The second-order valence-electron chi connectivity index (χ2n) is 5.47. The lowest BCUT2D eigenvalue weighted by atomic mass is 9.58. The Kier molecular flexibility index (Phi) is 1.53. The number of carbonyl (C=O) groups is 2. The largest absolute Gasteiger partial charge is 0.392 e. The molecule has 2 unspecified atom stereocenters. The van der Waals surface area contributed by atoms with E-state index >= 15 is 0 Å². The van der Waals surface area contributed by atoms with Crippen molar-refractivity contribution >= 4 is 11.9 Å². The Morgan fingerprint density at radius 3 is 1.64 bits per heavy atom. The van der Waals surface area contributed by atoms with E-state index in [2.05, 4.69) is 0 Å². The van der Waals surface area contributed by atoms with E-state index in [4.69, 9.17) is 4.74 Å². The maximum atomic E-state index is 11.7. The van der Waals surface area contributed by atoms with E-state index in [1.54, 1.807) is 0 Å². The minimum atomic E-state index is -0.490. The van der Waals surface area contributed by atoms with Crippen LogP contribution in [0.2, 0.25) is 0 Å². The van der Waals surface area contributed by atoms with Gasteiger partial charge in [-0.05, 0) is 32.1 Å². The Labute approximate surface area is 83.8 Å². The van der Waals surface area contributed by atoms with Crippen LogP contribution in [-0.2, 0) is 14.3 Å². The maximum absolute atomic E-state index is 11.7. The summed E-state index contributed by atoms with van der Waals surface area (Å²) in [5.74, 6) is -0.690. The average molecular weight is 196 g/mol. The molecule has 2 rings (SSSR count). The molecule has 0 aromatic heterocycles. The van der Waals surface area contributed by atoms with Gasteiger partial charge in [-0.25, -0.2) is 0 Å². The molecule has 0 N–H and O–H groups in total. The zero-order valence-corrected chi connectivity index (χ0v) is 9.14. The number of esters is 2. The third-order valence-corrected chi connectivity index (χ3v) is 4.97. The predicted molar refractivity (Wildman–Crippen MR) is 50.3 cm³/mol. The smallest absolute Gasteiger partial charge is 0.320 e. The van der Waals surface area contributed by atoms with E-state index in [0.29, 0.717) is 0 Å². The molecule has 3 nitrogen and oxygen atoms in total. The maximum Gasteiger partial charge on any atom is 0.320 e. The molecule has 1 aliphatic heterocycles. The minimum absolute atomic E-state index is 0.299. The van der Waals surface area contributed by atoms with E-state index in [0.717, 1.165) is 12.8 Å². The van der Waals surface area contributed by atoms with Gasteiger partial charge in [0.1, 0.15) is 0 Å². The molecule has 2 fully saturated rings. The Balaban J connectivity index is 2.61. The first-order valence-corrected chi connectivity index (χ1v) is 5.02. The lowest BCUT2D eigenvalue weighted by Crippen LogP contribution is -2.55. The lowest BCUT2D eigenvalue weighted by Gasteiger charge is -2.47. The minimum Gasteiger partial charge on any atom is -0.392 e. The zero-order chi connectivity index (χ0) is 10.8. The van der Waals surface area contributed by atoms with Crippen LogP contribution >= 0.6 is 0 Å². The van der Waals surface area contributed by atoms with Gasteiger partial charge in [-0.3, -0.25) is 9.59 Å². The highest BCUT2D eigenvalue weighted by Gasteiger charge is 2.69. The Morgan fingerprint density at radius 1 is 0.929 bits per heavy atom. The van der Waals surface area contributed by atoms with Crippen molar-refractivity contribution in [3.63, 3.8) is 0 Å². The molecule has 2 atom stereocenters. The first-order chi connectivity index (χ1) is 6.26. The third-order valence-electron chi connectivity index (χ3n) is 4.97. The van der Waals surface area contributed by atoms with Gasteiger partial charge >= 0.3 is 11.9 Å². The van der Waals surface area contributed by atoms with Crippen molar-refractivity contribution in [3.05, 3.63) is 0 Å². The fraction of sp³-hybridized carbons (Fsp3) is 0.818. The van der Waals surface area contributed by atoms with Gasteiger partial charge in [-0.15, -0.1) is 0 Å². The number of cyclic esters (lactones) is 2. The molecule has 1 saturated carbocycles. The number of hydrogen-bond donors (Lipinski definition) is 0. The predicted octanol–water partition coefficient (Wildman–Crippen LogP) is 1.90. The van der Waals surface area contributed by atoms with Crippen molar-refractivity contribution in [2.24, 2.45) is 16.2 Å². The van der Waals surface area contributed by atoms with Crippen LogP contribution in [-0.4, -0.2) is 11.9 Å². The van der Waals surface area contributed by atoms with Gasteiger partial charge in [-0.2, -0.15) is 0 Å². The van der Waals surface area contributed by atoms with Gasteiger partial charge < -0.3 is 4.74 Å². The van der Waals surface area contributed by atoms with Crippen LogP contribution in [0.3, 0.4) is 0 Å².